The molecule has 9 heteroatoms. The number of anilines is 1. The van der Waals surface area contributed by atoms with Gasteiger partial charge >= 0.3 is 12.0 Å². The number of nitrogens with one attached hydrogen (secondary N) is 2. The smallest absolute Gasteiger partial charge is 0.327 e. The number of ether oxygens (including phenoxy) is 1. The van der Waals surface area contributed by atoms with Crippen LogP contribution in [0, 0.1) is 11.3 Å². The normalized spacial score (nSPS) is 15.9. The third kappa shape index (κ3) is 5.14. The Morgan fingerprint density at radius 3 is 2.53 bits per heavy atom. The van der Waals surface area contributed by atoms with Crippen LogP contribution < -0.4 is 10.6 Å². The SMILES string of the molecule is CCCC1(CCC)NC(=O)N(CC(=O)O[C@H](C)C(=O)Nc2cccc(C#N)c2)C1=O. The molecule has 160 valence electrons. The van der Waals surface area contributed by atoms with E-state index in [0.29, 0.717) is 36.9 Å². The lowest BCUT2D eigenvalue weighted by atomic mass is 9.88. The summed E-state index contributed by atoms with van der Waals surface area (Å²) in [5.74, 6) is -1.91. The van der Waals surface area contributed by atoms with Crippen molar-refractivity contribution >= 4 is 29.5 Å². The van der Waals surface area contributed by atoms with Crippen molar-refractivity contribution in [3.05, 3.63) is 29.8 Å². The van der Waals surface area contributed by atoms with E-state index in [-0.39, 0.29) is 0 Å². The Kier molecular flexibility index (Phi) is 7.53. The van der Waals surface area contributed by atoms with Gasteiger partial charge in [0.25, 0.3) is 11.8 Å². The number of rotatable bonds is 9. The third-order valence-electron chi connectivity index (χ3n) is 4.82. The standard InChI is InChI=1S/C21H26N4O5/c1-4-9-21(10-5-2)19(28)25(20(29)24-21)13-17(26)30-14(3)18(27)23-16-8-6-7-15(11-16)12-22/h6-8,11,14H,4-5,9-10,13H2,1-3H3,(H,23,27)(H,24,29)/t14-/m1/s1. The number of benzene rings is 1. The van der Waals surface area contributed by atoms with Crippen molar-refractivity contribution in [3.8, 4) is 6.07 Å². The summed E-state index contributed by atoms with van der Waals surface area (Å²) in [5.41, 5.74) is -0.228. The number of carbonyl (C=O) groups is 4. The topological polar surface area (TPSA) is 129 Å². The van der Waals surface area contributed by atoms with Gasteiger partial charge in [0, 0.05) is 5.69 Å². The lowest BCUT2D eigenvalue weighted by Crippen LogP contribution is -2.47. The van der Waals surface area contributed by atoms with Gasteiger partial charge in [0.2, 0.25) is 0 Å². The molecule has 1 atom stereocenters. The van der Waals surface area contributed by atoms with Crippen LogP contribution in [0.3, 0.4) is 0 Å². The minimum atomic E-state index is -1.15. The Labute approximate surface area is 175 Å². The van der Waals surface area contributed by atoms with Crippen LogP contribution in [0.2, 0.25) is 0 Å². The van der Waals surface area contributed by atoms with E-state index >= 15 is 0 Å². The number of nitrogens with zero attached hydrogens (tertiary/aromatic N) is 2. The number of carbonyl (C=O) groups excluding carboxylic acids is 4. The maximum Gasteiger partial charge on any atom is 0.327 e. The third-order valence-corrected chi connectivity index (χ3v) is 4.82. The van der Waals surface area contributed by atoms with E-state index < -0.39 is 42.0 Å². The van der Waals surface area contributed by atoms with Crippen LogP contribution >= 0.6 is 0 Å². The van der Waals surface area contributed by atoms with E-state index in [4.69, 9.17) is 10.00 Å². The maximum absolute atomic E-state index is 12.8. The predicted octanol–water partition coefficient (Wildman–Crippen LogP) is 2.32. The van der Waals surface area contributed by atoms with Gasteiger partial charge in [-0.05, 0) is 38.0 Å². The Morgan fingerprint density at radius 1 is 1.27 bits per heavy atom. The highest BCUT2D eigenvalue weighted by atomic mass is 16.5. The number of imide groups is 1. The van der Waals surface area contributed by atoms with Crippen molar-refractivity contribution in [2.75, 3.05) is 11.9 Å². The van der Waals surface area contributed by atoms with E-state index in [9.17, 15) is 19.2 Å². The molecule has 30 heavy (non-hydrogen) atoms. The first kappa shape index (κ1) is 22.9. The summed E-state index contributed by atoms with van der Waals surface area (Å²) >= 11 is 0. The molecule has 1 aliphatic heterocycles. The Morgan fingerprint density at radius 2 is 1.93 bits per heavy atom. The first-order chi connectivity index (χ1) is 14.3. The van der Waals surface area contributed by atoms with E-state index in [1.807, 2.05) is 19.9 Å². The minimum absolute atomic E-state index is 0.374. The van der Waals surface area contributed by atoms with Crippen LogP contribution in [0.1, 0.15) is 52.0 Å². The highest BCUT2D eigenvalue weighted by molar-refractivity contribution is 6.08. The van der Waals surface area contributed by atoms with E-state index in [0.717, 1.165) is 4.90 Å². The Hall–Kier alpha value is -3.41. The Balaban J connectivity index is 1.97. The van der Waals surface area contributed by atoms with Gasteiger partial charge in [-0.25, -0.2) is 4.79 Å². The van der Waals surface area contributed by atoms with E-state index in [1.54, 1.807) is 18.2 Å². The zero-order valence-corrected chi connectivity index (χ0v) is 17.4. The molecule has 0 saturated carbocycles. The van der Waals surface area contributed by atoms with Crippen LogP contribution in [0.5, 0.6) is 0 Å². The van der Waals surface area contributed by atoms with E-state index in [1.165, 1.54) is 13.0 Å². The molecule has 0 radical (unpaired) electrons. The van der Waals surface area contributed by atoms with Crippen LogP contribution in [0.15, 0.2) is 24.3 Å². The van der Waals surface area contributed by atoms with Crippen LogP contribution in [-0.4, -0.2) is 46.9 Å². The van der Waals surface area contributed by atoms with E-state index in [2.05, 4.69) is 10.6 Å². The molecule has 0 spiro atoms. The molecule has 2 rings (SSSR count). The summed E-state index contributed by atoms with van der Waals surface area (Å²) in [5, 5.41) is 14.2. The lowest BCUT2D eigenvalue weighted by Gasteiger charge is -2.25. The van der Waals surface area contributed by atoms with Gasteiger partial charge in [-0.15, -0.1) is 0 Å². The number of hydrogen-bond donors (Lipinski definition) is 2. The van der Waals surface area contributed by atoms with Crippen molar-refractivity contribution in [3.63, 3.8) is 0 Å². The fourth-order valence-corrected chi connectivity index (χ4v) is 3.46. The largest absolute Gasteiger partial charge is 0.451 e. The molecule has 9 nitrogen and oxygen atoms in total. The molecule has 1 saturated heterocycles. The molecule has 0 bridgehead atoms. The quantitative estimate of drug-likeness (QED) is 0.471. The van der Waals surface area contributed by atoms with Crippen molar-refractivity contribution in [1.29, 1.82) is 5.26 Å². The zero-order valence-electron chi connectivity index (χ0n) is 17.4. The number of hydrogen-bond acceptors (Lipinski definition) is 6. The summed E-state index contributed by atoms with van der Waals surface area (Å²) in [6.07, 6.45) is 1.22. The summed E-state index contributed by atoms with van der Waals surface area (Å²) in [4.78, 5) is 50.5. The van der Waals surface area contributed by atoms with Crippen LogP contribution in [0.4, 0.5) is 10.5 Å². The lowest BCUT2D eigenvalue weighted by molar-refractivity contribution is -0.155. The highest BCUT2D eigenvalue weighted by Gasteiger charge is 2.50. The summed E-state index contributed by atoms with van der Waals surface area (Å²) < 4.78 is 5.10. The molecule has 0 unspecified atom stereocenters. The molecule has 1 fully saturated rings. The van der Waals surface area contributed by atoms with Crippen LogP contribution in [-0.2, 0) is 19.1 Å². The second kappa shape index (κ2) is 9.87. The molecule has 1 aromatic rings. The summed E-state index contributed by atoms with van der Waals surface area (Å²) in [7, 11) is 0. The number of esters is 1. The maximum atomic E-state index is 12.8. The molecule has 1 heterocycles. The van der Waals surface area contributed by atoms with Gasteiger partial charge in [-0.1, -0.05) is 32.8 Å². The van der Waals surface area contributed by atoms with Crippen molar-refractivity contribution in [2.24, 2.45) is 0 Å². The fourth-order valence-electron chi connectivity index (χ4n) is 3.46. The molecule has 2 N–H and O–H groups in total. The van der Waals surface area contributed by atoms with Gasteiger partial charge in [0.05, 0.1) is 11.6 Å². The summed E-state index contributed by atoms with van der Waals surface area (Å²) in [6.45, 7) is 4.65. The molecule has 1 aromatic carbocycles. The minimum Gasteiger partial charge on any atom is -0.451 e. The first-order valence-corrected chi connectivity index (χ1v) is 9.91. The average Bonchev–Trinajstić information content (AvgIpc) is 2.92. The van der Waals surface area contributed by atoms with Crippen molar-refractivity contribution < 1.29 is 23.9 Å². The van der Waals surface area contributed by atoms with Gasteiger partial charge in [-0.2, -0.15) is 5.26 Å². The monoisotopic (exact) mass is 414 g/mol. The second-order valence-corrected chi connectivity index (χ2v) is 7.22. The Bertz CT molecular complexity index is 870. The summed E-state index contributed by atoms with van der Waals surface area (Å²) in [6, 6.07) is 7.62. The molecule has 0 aromatic heterocycles. The second-order valence-electron chi connectivity index (χ2n) is 7.22. The van der Waals surface area contributed by atoms with Crippen molar-refractivity contribution in [1.82, 2.24) is 10.2 Å². The molecule has 0 aliphatic carbocycles. The average molecular weight is 414 g/mol. The molecule has 1 aliphatic rings. The van der Waals surface area contributed by atoms with Gasteiger partial charge in [-0.3, -0.25) is 19.3 Å². The van der Waals surface area contributed by atoms with Crippen molar-refractivity contribution in [2.45, 2.75) is 58.1 Å². The fraction of sp³-hybridized carbons (Fsp3) is 0.476. The molecule has 4 amide bonds. The molecular formula is C21H26N4O5. The first-order valence-electron chi connectivity index (χ1n) is 9.91. The zero-order chi connectivity index (χ0) is 22.3. The van der Waals surface area contributed by atoms with Crippen LogP contribution in [0.25, 0.3) is 0 Å². The number of nitriles is 1. The van der Waals surface area contributed by atoms with Gasteiger partial charge < -0.3 is 15.4 Å². The van der Waals surface area contributed by atoms with Gasteiger partial charge in [0.1, 0.15) is 12.1 Å². The number of urea groups is 1. The number of amides is 4. The molecular weight excluding hydrogens is 388 g/mol. The van der Waals surface area contributed by atoms with Gasteiger partial charge in [0.15, 0.2) is 6.10 Å². The highest BCUT2D eigenvalue weighted by Crippen LogP contribution is 2.28. The predicted molar refractivity (Wildman–Crippen MR) is 108 cm³/mol.